The first-order valence-electron chi connectivity index (χ1n) is 11.5. The topological polar surface area (TPSA) is 72.5 Å². The summed E-state index contributed by atoms with van der Waals surface area (Å²) in [6.07, 6.45) is 2.00. The third-order valence-electron chi connectivity index (χ3n) is 6.39. The number of amides is 2. The van der Waals surface area contributed by atoms with Crippen LogP contribution in [0.15, 0.2) is 66.9 Å². The summed E-state index contributed by atoms with van der Waals surface area (Å²) in [5.74, 6) is -0.191. The maximum Gasteiger partial charge on any atom is 0.586 e. The van der Waals surface area contributed by atoms with E-state index in [0.29, 0.717) is 22.7 Å². The molecule has 2 aliphatic rings. The molecule has 0 bridgehead atoms. The fourth-order valence-electron chi connectivity index (χ4n) is 4.75. The van der Waals surface area contributed by atoms with Crippen molar-refractivity contribution in [2.75, 3.05) is 0 Å². The number of ether oxygens (including phenoxy) is 2. The third-order valence-corrected chi connectivity index (χ3v) is 6.61. The zero-order valence-electron chi connectivity index (χ0n) is 18.8. The van der Waals surface area contributed by atoms with Crippen LogP contribution in [-0.4, -0.2) is 23.4 Å². The maximum atomic E-state index is 13.8. The first-order chi connectivity index (χ1) is 16.8. The average molecular weight is 500 g/mol. The summed E-state index contributed by atoms with van der Waals surface area (Å²) in [4.78, 5) is 17.8. The summed E-state index contributed by atoms with van der Waals surface area (Å²) in [7, 11) is 0. The molecular formula is C26H24ClF2N3O3. The molecule has 0 spiro atoms. The molecule has 1 unspecified atom stereocenters. The highest BCUT2D eigenvalue weighted by molar-refractivity contribution is 6.30. The van der Waals surface area contributed by atoms with E-state index in [1.807, 2.05) is 30.3 Å². The molecule has 5 rings (SSSR count). The number of alkyl halides is 2. The fourth-order valence-corrected chi connectivity index (χ4v) is 4.86. The molecule has 0 saturated heterocycles. The van der Waals surface area contributed by atoms with Gasteiger partial charge >= 0.3 is 12.3 Å². The highest BCUT2D eigenvalue weighted by atomic mass is 35.5. The Morgan fingerprint density at radius 3 is 2.51 bits per heavy atom. The van der Waals surface area contributed by atoms with Crippen LogP contribution in [0.25, 0.3) is 0 Å². The van der Waals surface area contributed by atoms with Crippen molar-refractivity contribution < 1.29 is 23.0 Å². The second-order valence-corrected chi connectivity index (χ2v) is 9.27. The van der Waals surface area contributed by atoms with E-state index in [2.05, 4.69) is 20.4 Å². The molecule has 1 saturated carbocycles. The van der Waals surface area contributed by atoms with Gasteiger partial charge in [-0.15, -0.1) is 8.78 Å². The van der Waals surface area contributed by atoms with Gasteiger partial charge in [-0.2, -0.15) is 0 Å². The van der Waals surface area contributed by atoms with Crippen LogP contribution in [0.4, 0.5) is 13.6 Å². The number of carbonyl (C=O) groups is 1. The zero-order valence-corrected chi connectivity index (χ0v) is 19.5. The van der Waals surface area contributed by atoms with E-state index in [1.165, 1.54) is 18.3 Å². The Bertz CT molecular complexity index is 1200. The largest absolute Gasteiger partial charge is 0.586 e. The number of nitrogens with one attached hydrogen (secondary N) is 2. The van der Waals surface area contributed by atoms with Gasteiger partial charge in [0.15, 0.2) is 11.5 Å². The molecule has 1 aliphatic heterocycles. The summed E-state index contributed by atoms with van der Waals surface area (Å²) in [6.45, 7) is 0. The van der Waals surface area contributed by atoms with Gasteiger partial charge < -0.3 is 20.1 Å². The van der Waals surface area contributed by atoms with Gasteiger partial charge in [0, 0.05) is 18.7 Å². The monoisotopic (exact) mass is 499 g/mol. The Hall–Kier alpha value is -3.39. The van der Waals surface area contributed by atoms with E-state index in [9.17, 15) is 13.6 Å². The third kappa shape index (κ3) is 5.03. The second-order valence-electron chi connectivity index (χ2n) is 8.84. The van der Waals surface area contributed by atoms with E-state index in [4.69, 9.17) is 16.3 Å². The lowest BCUT2D eigenvalue weighted by atomic mass is 9.80. The Morgan fingerprint density at radius 2 is 1.80 bits per heavy atom. The molecule has 1 aromatic heterocycles. The van der Waals surface area contributed by atoms with Crippen LogP contribution in [0.3, 0.4) is 0 Å². The number of pyridine rings is 1. The highest BCUT2D eigenvalue weighted by Crippen LogP contribution is 2.44. The molecule has 2 N–H and O–H groups in total. The van der Waals surface area contributed by atoms with Gasteiger partial charge in [0.2, 0.25) is 0 Å². The van der Waals surface area contributed by atoms with Gasteiger partial charge in [0.1, 0.15) is 5.54 Å². The molecule has 3 aromatic rings. The lowest BCUT2D eigenvalue weighted by Crippen LogP contribution is -2.54. The van der Waals surface area contributed by atoms with E-state index in [1.54, 1.807) is 18.2 Å². The number of urea groups is 1. The maximum absolute atomic E-state index is 13.8. The first kappa shape index (κ1) is 23.4. The van der Waals surface area contributed by atoms with Crippen molar-refractivity contribution in [1.29, 1.82) is 0 Å². The number of rotatable bonds is 6. The Labute approximate surface area is 206 Å². The van der Waals surface area contributed by atoms with Gasteiger partial charge in [-0.1, -0.05) is 60.8 Å². The number of halogens is 3. The number of hydrogen-bond acceptors (Lipinski definition) is 4. The summed E-state index contributed by atoms with van der Waals surface area (Å²) >= 11 is 6.11. The summed E-state index contributed by atoms with van der Waals surface area (Å²) in [5.41, 5.74) is 0.703. The molecule has 6 nitrogen and oxygen atoms in total. The average Bonchev–Trinajstić information content (AvgIpc) is 3.44. The minimum absolute atomic E-state index is 0.0770. The van der Waals surface area contributed by atoms with E-state index >= 15 is 0 Å². The molecule has 1 aliphatic carbocycles. The number of carbonyl (C=O) groups excluding carboxylic acids is 1. The van der Waals surface area contributed by atoms with Crippen molar-refractivity contribution >= 4 is 17.6 Å². The van der Waals surface area contributed by atoms with Crippen LogP contribution >= 0.6 is 11.6 Å². The molecule has 1 atom stereocenters. The predicted octanol–water partition coefficient (Wildman–Crippen LogP) is 5.78. The minimum atomic E-state index is -3.76. The standard InChI is InChI=1S/C26H24ClF2N3O3/c27-19-11-13-23(30-16-19)25(15-17-6-2-1-3-7-17,32-24(33)31-20-8-4-5-9-20)18-10-12-21-22(14-18)35-26(28,29)34-21/h1-3,6-7,10-14,16,20H,4-5,8-9,15H2,(H2,31,32,33). The van der Waals surface area contributed by atoms with E-state index < -0.39 is 11.8 Å². The van der Waals surface area contributed by atoms with Gasteiger partial charge in [-0.05, 0) is 48.2 Å². The van der Waals surface area contributed by atoms with Crippen molar-refractivity contribution in [3.8, 4) is 11.5 Å². The van der Waals surface area contributed by atoms with Crippen molar-refractivity contribution in [3.63, 3.8) is 0 Å². The molecule has 182 valence electrons. The molecule has 2 amide bonds. The summed E-state index contributed by atoms with van der Waals surface area (Å²) in [6, 6.07) is 17.2. The second kappa shape index (κ2) is 9.34. The number of benzene rings is 2. The fraction of sp³-hybridized carbons (Fsp3) is 0.308. The van der Waals surface area contributed by atoms with Crippen molar-refractivity contribution in [2.45, 2.75) is 50.0 Å². The molecule has 1 fully saturated rings. The Balaban J connectivity index is 1.61. The molecule has 35 heavy (non-hydrogen) atoms. The molecule has 0 radical (unpaired) electrons. The van der Waals surface area contributed by atoms with Crippen LogP contribution in [-0.2, 0) is 12.0 Å². The number of hydrogen-bond donors (Lipinski definition) is 2. The van der Waals surface area contributed by atoms with E-state index in [0.717, 1.165) is 31.2 Å². The highest BCUT2D eigenvalue weighted by Gasteiger charge is 2.45. The van der Waals surface area contributed by atoms with Crippen molar-refractivity contribution in [2.24, 2.45) is 0 Å². The number of fused-ring (bicyclic) bond motifs is 1. The van der Waals surface area contributed by atoms with Crippen LogP contribution in [0.5, 0.6) is 11.5 Å². The van der Waals surface area contributed by atoms with Crippen LogP contribution < -0.4 is 20.1 Å². The molecule has 9 heteroatoms. The van der Waals surface area contributed by atoms with Crippen molar-refractivity contribution in [3.05, 3.63) is 88.7 Å². The lowest BCUT2D eigenvalue weighted by Gasteiger charge is -2.36. The van der Waals surface area contributed by atoms with Gasteiger partial charge in [0.05, 0.1) is 10.7 Å². The first-order valence-corrected chi connectivity index (χ1v) is 11.9. The lowest BCUT2D eigenvalue weighted by molar-refractivity contribution is -0.286. The Kier molecular flexibility index (Phi) is 6.23. The van der Waals surface area contributed by atoms with Gasteiger partial charge in [-0.25, -0.2) is 4.79 Å². The van der Waals surface area contributed by atoms with Crippen LogP contribution in [0, 0.1) is 0 Å². The van der Waals surface area contributed by atoms with Crippen LogP contribution in [0.1, 0.15) is 42.5 Å². The normalized spacial score (nSPS) is 18.1. The summed E-state index contributed by atoms with van der Waals surface area (Å²) < 4.78 is 36.8. The quantitative estimate of drug-likeness (QED) is 0.450. The minimum Gasteiger partial charge on any atom is -0.395 e. The van der Waals surface area contributed by atoms with Gasteiger partial charge in [0.25, 0.3) is 0 Å². The Morgan fingerprint density at radius 1 is 1.06 bits per heavy atom. The SMILES string of the molecule is O=C(NC1CCCC1)NC(Cc1ccccc1)(c1ccc2c(c1)OC(F)(F)O2)c1ccc(Cl)cn1. The number of aromatic nitrogens is 1. The number of nitrogens with zero attached hydrogens (tertiary/aromatic N) is 1. The van der Waals surface area contributed by atoms with E-state index in [-0.39, 0.29) is 23.6 Å². The van der Waals surface area contributed by atoms with Gasteiger partial charge in [-0.3, -0.25) is 4.98 Å². The van der Waals surface area contributed by atoms with Crippen LogP contribution in [0.2, 0.25) is 5.02 Å². The summed E-state index contributed by atoms with van der Waals surface area (Å²) in [5, 5.41) is 6.62. The smallest absolute Gasteiger partial charge is 0.395 e. The predicted molar refractivity (Wildman–Crippen MR) is 127 cm³/mol. The molecular weight excluding hydrogens is 476 g/mol. The molecule has 2 aromatic carbocycles. The van der Waals surface area contributed by atoms with Crippen molar-refractivity contribution in [1.82, 2.24) is 15.6 Å². The zero-order chi connectivity index (χ0) is 24.5. The molecule has 2 heterocycles.